The second-order valence-electron chi connectivity index (χ2n) is 6.80. The van der Waals surface area contributed by atoms with E-state index in [-0.39, 0.29) is 47.2 Å². The average Bonchev–Trinajstić information content (AvgIpc) is 3.11. The summed E-state index contributed by atoms with van der Waals surface area (Å²) in [6.07, 6.45) is 0. The third-order valence-corrected chi connectivity index (χ3v) is 5.98. The number of halogens is 2. The minimum Gasteiger partial charge on any atom is -0.341 e. The van der Waals surface area contributed by atoms with Gasteiger partial charge in [0, 0.05) is 23.9 Å². The molecule has 7 heteroatoms. The van der Waals surface area contributed by atoms with Gasteiger partial charge in [0.2, 0.25) is 5.91 Å². The molecule has 0 spiro atoms. The van der Waals surface area contributed by atoms with Gasteiger partial charge in [-0.05, 0) is 43.1 Å². The number of hydrogen-bond acceptors (Lipinski definition) is 4. The largest absolute Gasteiger partial charge is 0.341 e. The summed E-state index contributed by atoms with van der Waals surface area (Å²) in [5, 5.41) is 0. The number of thioether (sulfide) groups is 1. The quantitative estimate of drug-likeness (QED) is 0.569. The van der Waals surface area contributed by atoms with Crippen LogP contribution in [0.3, 0.4) is 0 Å². The van der Waals surface area contributed by atoms with Crippen LogP contribution < -0.4 is 5.73 Å². The van der Waals surface area contributed by atoms with Crippen LogP contribution in [-0.4, -0.2) is 42.0 Å². The van der Waals surface area contributed by atoms with Crippen LogP contribution in [-0.2, 0) is 4.79 Å². The fraction of sp³-hybridized carbons (Fsp3) is 0.333. The Morgan fingerprint density at radius 3 is 2.50 bits per heavy atom. The monoisotopic (exact) mass is 422 g/mol. The second kappa shape index (κ2) is 10.0. The first kappa shape index (κ1) is 22.4. The van der Waals surface area contributed by atoms with Crippen molar-refractivity contribution in [2.24, 2.45) is 11.7 Å². The number of nitrogens with zero attached hydrogens (tertiary/aromatic N) is 1. The molecule has 1 saturated heterocycles. The van der Waals surface area contributed by atoms with Gasteiger partial charge in [-0.15, -0.1) is 24.2 Å². The molecule has 1 amide bonds. The molecule has 0 saturated carbocycles. The summed E-state index contributed by atoms with van der Waals surface area (Å²) in [4.78, 5) is 26.4. The van der Waals surface area contributed by atoms with E-state index in [4.69, 9.17) is 5.73 Å². The van der Waals surface area contributed by atoms with E-state index >= 15 is 0 Å². The zero-order valence-corrected chi connectivity index (χ0v) is 17.3. The van der Waals surface area contributed by atoms with Crippen molar-refractivity contribution < 1.29 is 14.0 Å². The Hall–Kier alpha value is -1.89. The van der Waals surface area contributed by atoms with E-state index in [9.17, 15) is 14.0 Å². The maximum Gasteiger partial charge on any atom is 0.232 e. The maximum atomic E-state index is 13.9. The molecule has 0 bridgehead atoms. The summed E-state index contributed by atoms with van der Waals surface area (Å²) in [5.74, 6) is -0.109. The molecule has 0 aromatic heterocycles. The smallest absolute Gasteiger partial charge is 0.232 e. The van der Waals surface area contributed by atoms with Gasteiger partial charge in [-0.25, -0.2) is 4.39 Å². The lowest BCUT2D eigenvalue weighted by atomic mass is 9.89. The number of ketones is 1. The summed E-state index contributed by atoms with van der Waals surface area (Å²) < 4.78 is 13.9. The number of rotatable bonds is 6. The van der Waals surface area contributed by atoms with Gasteiger partial charge in [-0.2, -0.15) is 0 Å². The van der Waals surface area contributed by atoms with E-state index in [1.165, 1.54) is 36.4 Å². The minimum absolute atomic E-state index is 0. The van der Waals surface area contributed by atoms with Gasteiger partial charge >= 0.3 is 0 Å². The van der Waals surface area contributed by atoms with Crippen molar-refractivity contribution in [3.63, 3.8) is 0 Å². The molecule has 0 radical (unpaired) electrons. The summed E-state index contributed by atoms with van der Waals surface area (Å²) >= 11 is 1.28. The molecular weight excluding hydrogens is 399 g/mol. The number of carbonyl (C=O) groups is 2. The highest BCUT2D eigenvalue weighted by molar-refractivity contribution is 8.00. The predicted octanol–water partition coefficient (Wildman–Crippen LogP) is 3.74. The molecule has 1 aliphatic heterocycles. The minimum atomic E-state index is -0.548. The molecule has 150 valence electrons. The summed E-state index contributed by atoms with van der Waals surface area (Å²) in [6.45, 7) is 3.17. The van der Waals surface area contributed by atoms with Crippen molar-refractivity contribution in [1.82, 2.24) is 4.90 Å². The fourth-order valence-electron chi connectivity index (χ4n) is 3.50. The molecule has 2 atom stereocenters. The average molecular weight is 423 g/mol. The lowest BCUT2D eigenvalue weighted by Crippen LogP contribution is -2.31. The van der Waals surface area contributed by atoms with Crippen molar-refractivity contribution in [1.29, 1.82) is 0 Å². The number of amides is 1. The Balaban J connectivity index is 0.00000280. The Bertz CT molecular complexity index is 834. The van der Waals surface area contributed by atoms with Crippen molar-refractivity contribution in [2.45, 2.75) is 17.7 Å². The van der Waals surface area contributed by atoms with Crippen molar-refractivity contribution in [3.05, 3.63) is 65.5 Å². The van der Waals surface area contributed by atoms with Crippen LogP contribution in [0.1, 0.15) is 28.8 Å². The van der Waals surface area contributed by atoms with Crippen LogP contribution in [0.5, 0.6) is 0 Å². The molecule has 4 nitrogen and oxygen atoms in total. The van der Waals surface area contributed by atoms with Crippen LogP contribution in [0.25, 0.3) is 0 Å². The van der Waals surface area contributed by atoms with E-state index in [1.807, 2.05) is 23.1 Å². The fourth-order valence-corrected chi connectivity index (χ4v) is 4.32. The third-order valence-electron chi connectivity index (χ3n) is 5.01. The van der Waals surface area contributed by atoms with Crippen LogP contribution in [0.4, 0.5) is 4.39 Å². The van der Waals surface area contributed by atoms with Gasteiger partial charge < -0.3 is 10.6 Å². The number of likely N-dealkylation sites (tertiary alicyclic amines) is 1. The molecule has 1 aliphatic rings. The van der Waals surface area contributed by atoms with Crippen LogP contribution in [0.15, 0.2) is 53.4 Å². The summed E-state index contributed by atoms with van der Waals surface area (Å²) in [5.41, 5.74) is 7.21. The molecule has 0 unspecified atom stereocenters. The Kier molecular flexibility index (Phi) is 8.04. The van der Waals surface area contributed by atoms with Gasteiger partial charge in [0.15, 0.2) is 5.78 Å². The predicted molar refractivity (Wildman–Crippen MR) is 113 cm³/mol. The lowest BCUT2D eigenvalue weighted by Gasteiger charge is -2.17. The molecule has 2 aromatic carbocycles. The Morgan fingerprint density at radius 2 is 1.89 bits per heavy atom. The zero-order valence-electron chi connectivity index (χ0n) is 15.6. The Labute approximate surface area is 175 Å². The number of nitrogens with two attached hydrogens (primary N) is 1. The van der Waals surface area contributed by atoms with E-state index in [0.29, 0.717) is 24.5 Å². The first-order chi connectivity index (χ1) is 13.0. The number of benzene rings is 2. The molecule has 1 heterocycles. The first-order valence-electron chi connectivity index (χ1n) is 8.95. The third kappa shape index (κ3) is 5.13. The van der Waals surface area contributed by atoms with Crippen molar-refractivity contribution in [3.8, 4) is 0 Å². The molecule has 2 aromatic rings. The number of hydrogen-bond donors (Lipinski definition) is 1. The molecule has 1 fully saturated rings. The van der Waals surface area contributed by atoms with E-state index in [0.717, 1.165) is 0 Å². The Morgan fingerprint density at radius 1 is 1.18 bits per heavy atom. The van der Waals surface area contributed by atoms with E-state index < -0.39 is 5.82 Å². The normalized spacial score (nSPS) is 18.6. The molecule has 0 aliphatic carbocycles. The van der Waals surface area contributed by atoms with E-state index in [1.54, 1.807) is 6.07 Å². The van der Waals surface area contributed by atoms with Crippen LogP contribution >= 0.6 is 24.2 Å². The second-order valence-corrected chi connectivity index (χ2v) is 7.85. The van der Waals surface area contributed by atoms with Gasteiger partial charge in [0.25, 0.3) is 0 Å². The zero-order chi connectivity index (χ0) is 19.4. The highest BCUT2D eigenvalue weighted by atomic mass is 35.5. The van der Waals surface area contributed by atoms with Gasteiger partial charge in [-0.1, -0.05) is 30.3 Å². The van der Waals surface area contributed by atoms with Crippen LogP contribution in [0.2, 0.25) is 0 Å². The maximum absolute atomic E-state index is 13.9. The highest BCUT2D eigenvalue weighted by Gasteiger charge is 2.35. The summed E-state index contributed by atoms with van der Waals surface area (Å²) in [6, 6.07) is 14.6. The molecule has 3 rings (SSSR count). The number of Topliss-reactive ketones (excluding diaryl/α,β-unsaturated/α-hetero) is 1. The van der Waals surface area contributed by atoms with Crippen molar-refractivity contribution >= 4 is 35.9 Å². The topological polar surface area (TPSA) is 63.4 Å². The van der Waals surface area contributed by atoms with E-state index in [2.05, 4.69) is 12.1 Å². The SMILES string of the molecule is CC(=O)c1ccc(SCC(=O)N2C[C@@H](CN)[C@H](c3ccccc3)C2)cc1F.Cl. The molecular formula is C21H24ClFN2O2S. The standard InChI is InChI=1S/C21H23FN2O2S.ClH/c1-14(25)18-8-7-17(9-20(18)22)27-13-21(26)24-11-16(10-23)19(12-24)15-5-3-2-4-6-15;/h2-9,16,19H,10-13,23H2,1H3;1H/t16-,19+;/m1./s1. The highest BCUT2D eigenvalue weighted by Crippen LogP contribution is 2.32. The number of carbonyl (C=O) groups excluding carboxylic acids is 2. The van der Waals surface area contributed by atoms with Crippen LogP contribution in [0, 0.1) is 11.7 Å². The van der Waals surface area contributed by atoms with Gasteiger partial charge in [-0.3, -0.25) is 9.59 Å². The molecule has 28 heavy (non-hydrogen) atoms. The first-order valence-corrected chi connectivity index (χ1v) is 9.94. The van der Waals surface area contributed by atoms with Gasteiger partial charge in [0.1, 0.15) is 5.82 Å². The lowest BCUT2D eigenvalue weighted by molar-refractivity contribution is -0.127. The van der Waals surface area contributed by atoms with Crippen molar-refractivity contribution in [2.75, 3.05) is 25.4 Å². The van der Waals surface area contributed by atoms with Gasteiger partial charge in [0.05, 0.1) is 11.3 Å². The summed E-state index contributed by atoms with van der Waals surface area (Å²) in [7, 11) is 0. The molecule has 2 N–H and O–H groups in total.